The molecular weight excluding hydrogens is 397 g/mol. The third-order valence-electron chi connectivity index (χ3n) is 4.90. The van der Waals surface area contributed by atoms with Crippen molar-refractivity contribution in [3.8, 4) is 17.0 Å². The van der Waals surface area contributed by atoms with Gasteiger partial charge in [0.25, 0.3) is 0 Å². The number of ether oxygens (including phenoxy) is 1. The molecule has 2 atom stereocenters. The standard InChI is InChI=1S/C18H21F3N2O4S/c1-11-6-17(23-27-11)15-3-2-14(7-16(15)19)26-10-13-8-18(20,21)5-4-12(13)9-22-28(24)25/h2-3,6-7,12-13,28H,4-5,8-10H2,1H3,(H,22,24,25)/t12-,13+/m1/s1. The maximum Gasteiger partial charge on any atom is 0.248 e. The fourth-order valence-electron chi connectivity index (χ4n) is 3.43. The highest BCUT2D eigenvalue weighted by molar-refractivity contribution is 7.70. The third kappa shape index (κ3) is 5.26. The van der Waals surface area contributed by atoms with Gasteiger partial charge in [-0.05, 0) is 31.4 Å². The van der Waals surface area contributed by atoms with Crippen LogP contribution >= 0.6 is 0 Å². The normalized spacial score (nSPS) is 21.8. The first-order valence-corrected chi connectivity index (χ1v) is 10.0. The van der Waals surface area contributed by atoms with Gasteiger partial charge in [0.2, 0.25) is 16.8 Å². The molecule has 0 radical (unpaired) electrons. The van der Waals surface area contributed by atoms with Gasteiger partial charge in [0.1, 0.15) is 23.0 Å². The molecule has 1 aromatic heterocycles. The van der Waals surface area contributed by atoms with E-state index >= 15 is 0 Å². The van der Waals surface area contributed by atoms with Crippen LogP contribution in [0.25, 0.3) is 11.3 Å². The second kappa shape index (κ2) is 8.52. The van der Waals surface area contributed by atoms with Gasteiger partial charge in [-0.1, -0.05) is 5.16 Å². The fourth-order valence-corrected chi connectivity index (χ4v) is 3.81. The van der Waals surface area contributed by atoms with Crippen molar-refractivity contribution in [3.63, 3.8) is 0 Å². The molecule has 1 N–H and O–H groups in total. The Bertz CT molecular complexity index is 893. The Hall–Kier alpha value is -2.07. The molecule has 0 amide bonds. The van der Waals surface area contributed by atoms with Crippen molar-refractivity contribution in [2.45, 2.75) is 32.1 Å². The molecule has 1 saturated carbocycles. The zero-order chi connectivity index (χ0) is 20.3. The Morgan fingerprint density at radius 2 is 2.11 bits per heavy atom. The van der Waals surface area contributed by atoms with Crippen LogP contribution in [0.2, 0.25) is 0 Å². The predicted octanol–water partition coefficient (Wildman–Crippen LogP) is 3.34. The first kappa shape index (κ1) is 20.7. The summed E-state index contributed by atoms with van der Waals surface area (Å²) in [5.74, 6) is -3.45. The molecule has 1 heterocycles. The molecule has 0 unspecified atom stereocenters. The van der Waals surface area contributed by atoms with Crippen LogP contribution in [0.3, 0.4) is 0 Å². The van der Waals surface area contributed by atoms with Crippen molar-refractivity contribution in [1.82, 2.24) is 9.88 Å². The number of aromatic nitrogens is 1. The molecule has 0 saturated heterocycles. The van der Waals surface area contributed by atoms with Gasteiger partial charge in [0.05, 0.1) is 6.61 Å². The van der Waals surface area contributed by atoms with Crippen LogP contribution in [0.5, 0.6) is 5.75 Å². The average molecular weight is 418 g/mol. The Morgan fingerprint density at radius 1 is 1.32 bits per heavy atom. The quantitative estimate of drug-likeness (QED) is 0.674. The van der Waals surface area contributed by atoms with E-state index in [1.54, 1.807) is 13.0 Å². The van der Waals surface area contributed by atoms with Crippen LogP contribution < -0.4 is 9.46 Å². The Kier molecular flexibility index (Phi) is 6.29. The maximum absolute atomic E-state index is 14.4. The van der Waals surface area contributed by atoms with E-state index in [4.69, 9.17) is 9.26 Å². The summed E-state index contributed by atoms with van der Waals surface area (Å²) in [6.45, 7) is 1.72. The zero-order valence-electron chi connectivity index (χ0n) is 15.2. The molecule has 28 heavy (non-hydrogen) atoms. The highest BCUT2D eigenvalue weighted by Crippen LogP contribution is 2.40. The van der Waals surface area contributed by atoms with E-state index in [-0.39, 0.29) is 43.2 Å². The fraction of sp³-hybridized carbons (Fsp3) is 0.500. The molecule has 1 aliphatic rings. The van der Waals surface area contributed by atoms with Crippen molar-refractivity contribution in [3.05, 3.63) is 35.8 Å². The van der Waals surface area contributed by atoms with Crippen molar-refractivity contribution in [2.24, 2.45) is 11.8 Å². The lowest BCUT2D eigenvalue weighted by molar-refractivity contribution is -0.0757. The number of halogens is 3. The van der Waals surface area contributed by atoms with Crippen molar-refractivity contribution >= 4 is 10.9 Å². The number of hydrogen-bond donors (Lipinski definition) is 2. The van der Waals surface area contributed by atoms with Gasteiger partial charge < -0.3 is 9.26 Å². The maximum atomic E-state index is 14.4. The molecule has 10 heteroatoms. The highest BCUT2D eigenvalue weighted by atomic mass is 32.2. The molecule has 154 valence electrons. The van der Waals surface area contributed by atoms with Crippen LogP contribution in [0.15, 0.2) is 28.8 Å². The lowest BCUT2D eigenvalue weighted by Gasteiger charge is -2.35. The predicted molar refractivity (Wildman–Crippen MR) is 96.2 cm³/mol. The minimum atomic E-state index is -2.82. The van der Waals surface area contributed by atoms with Gasteiger partial charge in [0, 0.05) is 43.0 Å². The van der Waals surface area contributed by atoms with Gasteiger partial charge in [-0.15, -0.1) is 0 Å². The Balaban J connectivity index is 1.67. The van der Waals surface area contributed by atoms with E-state index in [0.717, 1.165) is 0 Å². The summed E-state index contributed by atoms with van der Waals surface area (Å²) < 4.78 is 76.2. The number of alkyl halides is 2. The van der Waals surface area contributed by atoms with Gasteiger partial charge in [-0.3, -0.25) is 0 Å². The van der Waals surface area contributed by atoms with E-state index in [0.29, 0.717) is 11.5 Å². The van der Waals surface area contributed by atoms with Gasteiger partial charge in [0.15, 0.2) is 0 Å². The largest absolute Gasteiger partial charge is 0.493 e. The topological polar surface area (TPSA) is 81.4 Å². The highest BCUT2D eigenvalue weighted by Gasteiger charge is 2.41. The second-order valence-electron chi connectivity index (χ2n) is 7.01. The summed E-state index contributed by atoms with van der Waals surface area (Å²) in [5, 5.41) is 3.76. The molecule has 0 aliphatic heterocycles. The summed E-state index contributed by atoms with van der Waals surface area (Å²) in [7, 11) is -2.79. The molecular formula is C18H21F3N2O4S. The van der Waals surface area contributed by atoms with E-state index in [9.17, 15) is 21.6 Å². The molecule has 2 aromatic rings. The number of aryl methyl sites for hydroxylation is 1. The van der Waals surface area contributed by atoms with Gasteiger partial charge in [-0.25, -0.2) is 26.3 Å². The minimum Gasteiger partial charge on any atom is -0.493 e. The zero-order valence-corrected chi connectivity index (χ0v) is 16.1. The SMILES string of the molecule is Cc1cc(-c2ccc(OC[C@@H]3CC(F)(F)CC[C@@H]3CN[SH](=O)=O)cc2F)no1. The molecule has 0 bridgehead atoms. The van der Waals surface area contributed by atoms with E-state index in [2.05, 4.69) is 9.88 Å². The molecule has 1 aromatic carbocycles. The molecule has 0 spiro atoms. The third-order valence-corrected chi connectivity index (χ3v) is 5.34. The first-order chi connectivity index (χ1) is 13.2. The van der Waals surface area contributed by atoms with E-state index < -0.39 is 35.0 Å². The molecule has 6 nitrogen and oxygen atoms in total. The summed E-state index contributed by atoms with van der Waals surface area (Å²) in [6, 6.07) is 5.79. The number of hydrogen-bond acceptors (Lipinski definition) is 5. The number of thiol groups is 1. The molecule has 3 rings (SSSR count). The Labute approximate surface area is 162 Å². The molecule has 1 aliphatic carbocycles. The van der Waals surface area contributed by atoms with Gasteiger partial charge in [-0.2, -0.15) is 0 Å². The molecule has 1 fully saturated rings. The van der Waals surface area contributed by atoms with Crippen LogP contribution in [0.1, 0.15) is 25.0 Å². The monoisotopic (exact) mass is 418 g/mol. The smallest absolute Gasteiger partial charge is 0.248 e. The first-order valence-electron chi connectivity index (χ1n) is 8.85. The Morgan fingerprint density at radius 3 is 2.75 bits per heavy atom. The summed E-state index contributed by atoms with van der Waals surface area (Å²) in [6.07, 6.45) is -0.490. The number of benzene rings is 1. The second-order valence-corrected chi connectivity index (χ2v) is 7.84. The van der Waals surface area contributed by atoms with E-state index in [1.165, 1.54) is 18.2 Å². The van der Waals surface area contributed by atoms with Gasteiger partial charge >= 0.3 is 0 Å². The number of nitrogens with zero attached hydrogens (tertiary/aromatic N) is 1. The van der Waals surface area contributed by atoms with Crippen LogP contribution in [-0.4, -0.2) is 32.6 Å². The van der Waals surface area contributed by atoms with Crippen LogP contribution in [0.4, 0.5) is 13.2 Å². The summed E-state index contributed by atoms with van der Waals surface area (Å²) >= 11 is 0. The van der Waals surface area contributed by atoms with Crippen molar-refractivity contribution in [2.75, 3.05) is 13.2 Å². The van der Waals surface area contributed by atoms with Crippen molar-refractivity contribution < 1.29 is 30.8 Å². The van der Waals surface area contributed by atoms with Crippen LogP contribution in [-0.2, 0) is 10.9 Å². The number of rotatable bonds is 7. The average Bonchev–Trinajstić information content (AvgIpc) is 3.04. The van der Waals surface area contributed by atoms with Crippen molar-refractivity contribution in [1.29, 1.82) is 0 Å². The lowest BCUT2D eigenvalue weighted by Crippen LogP contribution is -2.39. The van der Waals surface area contributed by atoms with Crippen LogP contribution in [0, 0.1) is 24.6 Å². The lowest BCUT2D eigenvalue weighted by atomic mass is 9.78. The number of nitrogens with one attached hydrogen (secondary N) is 1. The minimum absolute atomic E-state index is 0.0561. The van der Waals surface area contributed by atoms with E-state index in [1.807, 2.05) is 0 Å². The summed E-state index contributed by atoms with van der Waals surface area (Å²) in [4.78, 5) is 0. The summed E-state index contributed by atoms with van der Waals surface area (Å²) in [5.41, 5.74) is 0.598.